The number of amides is 6. The van der Waals surface area contributed by atoms with Crippen molar-refractivity contribution in [1.82, 2.24) is 31.1 Å². The second-order valence-electron chi connectivity index (χ2n) is 10.0. The highest BCUT2D eigenvalue weighted by Crippen LogP contribution is 2.03. The third-order valence-electron chi connectivity index (χ3n) is 6.30. The number of hydroxylamine groups is 6. The van der Waals surface area contributed by atoms with E-state index >= 15 is 0 Å². The van der Waals surface area contributed by atoms with Crippen LogP contribution in [0.2, 0.25) is 0 Å². The standard InChI is InChI=1S/C27H49IN6O9/c1-22(35)32(41)18-8-2-5-15-29-23(36)11-13-26(39)33(42)19-9-3-6-16-30-24(37)12-14-27(40)34(43)20-10-4-7-17-31-25(38)21-28/h41-43H,2-21H2,1H3,(H,29,36)(H,30,37)(H,31,38). The Morgan fingerprint density at radius 3 is 1.21 bits per heavy atom. The van der Waals surface area contributed by atoms with E-state index in [2.05, 4.69) is 16.0 Å². The maximum atomic E-state index is 12.0. The van der Waals surface area contributed by atoms with E-state index < -0.39 is 17.7 Å². The van der Waals surface area contributed by atoms with Crippen molar-refractivity contribution in [3.8, 4) is 0 Å². The number of alkyl halides is 1. The summed E-state index contributed by atoms with van der Waals surface area (Å²) in [7, 11) is 0. The molecule has 0 atom stereocenters. The number of hydrogen-bond donors (Lipinski definition) is 6. The summed E-state index contributed by atoms with van der Waals surface area (Å²) in [6.07, 6.45) is 5.47. The molecule has 0 radical (unpaired) electrons. The normalized spacial score (nSPS) is 10.5. The molecule has 0 saturated heterocycles. The summed E-state index contributed by atoms with van der Waals surface area (Å²) in [4.78, 5) is 69.8. The molecule has 0 aromatic carbocycles. The number of carbonyl (C=O) groups is 6. The van der Waals surface area contributed by atoms with E-state index in [4.69, 9.17) is 0 Å². The molecule has 6 amide bonds. The van der Waals surface area contributed by atoms with Crippen molar-refractivity contribution in [2.75, 3.05) is 43.7 Å². The van der Waals surface area contributed by atoms with Crippen LogP contribution < -0.4 is 16.0 Å². The number of nitrogens with one attached hydrogen (secondary N) is 3. The summed E-state index contributed by atoms with van der Waals surface area (Å²) < 4.78 is 0.404. The zero-order chi connectivity index (χ0) is 32.5. The lowest BCUT2D eigenvalue weighted by atomic mass is 10.2. The van der Waals surface area contributed by atoms with Crippen LogP contribution in [0, 0.1) is 0 Å². The van der Waals surface area contributed by atoms with Gasteiger partial charge in [-0.15, -0.1) is 0 Å². The van der Waals surface area contributed by atoms with Crippen molar-refractivity contribution in [3.05, 3.63) is 0 Å². The number of halogens is 1. The second-order valence-corrected chi connectivity index (χ2v) is 10.8. The number of unbranched alkanes of at least 4 members (excludes halogenated alkanes) is 6. The predicted octanol–water partition coefficient (Wildman–Crippen LogP) is 1.51. The van der Waals surface area contributed by atoms with E-state index in [1.807, 2.05) is 22.6 Å². The van der Waals surface area contributed by atoms with Crippen LogP contribution in [-0.2, 0) is 28.8 Å². The molecule has 43 heavy (non-hydrogen) atoms. The molecule has 0 rings (SSSR count). The highest BCUT2D eigenvalue weighted by atomic mass is 127. The molecular weight excluding hydrogens is 679 g/mol. The second kappa shape index (κ2) is 25.9. The van der Waals surface area contributed by atoms with Gasteiger partial charge in [-0.3, -0.25) is 44.4 Å². The first kappa shape index (κ1) is 40.4. The van der Waals surface area contributed by atoms with Gasteiger partial charge in [0.1, 0.15) is 0 Å². The van der Waals surface area contributed by atoms with Crippen molar-refractivity contribution >= 4 is 58.0 Å². The fraction of sp³-hybridized carbons (Fsp3) is 0.778. The lowest BCUT2D eigenvalue weighted by molar-refractivity contribution is -0.166. The van der Waals surface area contributed by atoms with E-state index in [1.165, 1.54) is 6.92 Å². The summed E-state index contributed by atoms with van der Waals surface area (Å²) in [5.41, 5.74) is 0. The average Bonchev–Trinajstić information content (AvgIpc) is 2.98. The molecule has 0 aromatic rings. The predicted molar refractivity (Wildman–Crippen MR) is 164 cm³/mol. The van der Waals surface area contributed by atoms with Gasteiger partial charge in [0.25, 0.3) is 0 Å². The number of rotatable bonds is 25. The molecule has 0 aliphatic carbocycles. The van der Waals surface area contributed by atoms with E-state index in [0.717, 1.165) is 12.8 Å². The van der Waals surface area contributed by atoms with Gasteiger partial charge in [-0.1, -0.05) is 22.6 Å². The van der Waals surface area contributed by atoms with Gasteiger partial charge in [0, 0.05) is 71.9 Å². The zero-order valence-electron chi connectivity index (χ0n) is 25.2. The van der Waals surface area contributed by atoms with Crippen molar-refractivity contribution in [3.63, 3.8) is 0 Å². The molecule has 6 N–H and O–H groups in total. The van der Waals surface area contributed by atoms with Gasteiger partial charge >= 0.3 is 0 Å². The van der Waals surface area contributed by atoms with Gasteiger partial charge in [0.15, 0.2) is 0 Å². The smallest absolute Gasteiger partial charge is 0.246 e. The maximum absolute atomic E-state index is 12.0. The largest absolute Gasteiger partial charge is 0.356 e. The monoisotopic (exact) mass is 728 g/mol. The lowest BCUT2D eigenvalue weighted by Crippen LogP contribution is -2.31. The van der Waals surface area contributed by atoms with Gasteiger partial charge in [0.2, 0.25) is 35.4 Å². The molecule has 16 heteroatoms. The molecule has 0 aromatic heterocycles. The minimum absolute atomic E-state index is 0.0253. The topological polar surface area (TPSA) is 209 Å². The molecule has 248 valence electrons. The van der Waals surface area contributed by atoms with Crippen LogP contribution in [0.15, 0.2) is 0 Å². The van der Waals surface area contributed by atoms with Crippen LogP contribution in [0.5, 0.6) is 0 Å². The van der Waals surface area contributed by atoms with Crippen LogP contribution in [-0.4, -0.2) is 110 Å². The molecule has 0 aliphatic rings. The molecule has 0 aliphatic heterocycles. The Kier molecular flexibility index (Phi) is 24.3. The van der Waals surface area contributed by atoms with E-state index in [9.17, 15) is 44.4 Å². The summed E-state index contributed by atoms with van der Waals surface area (Å²) >= 11 is 1.98. The van der Waals surface area contributed by atoms with Crippen LogP contribution >= 0.6 is 22.6 Å². The molecule has 0 unspecified atom stereocenters. The van der Waals surface area contributed by atoms with Crippen LogP contribution in [0.1, 0.15) is 90.4 Å². The van der Waals surface area contributed by atoms with Gasteiger partial charge in [-0.25, -0.2) is 15.2 Å². The number of hydrogen-bond acceptors (Lipinski definition) is 9. The first-order valence-electron chi connectivity index (χ1n) is 14.8. The first-order valence-corrected chi connectivity index (χ1v) is 16.3. The zero-order valence-corrected chi connectivity index (χ0v) is 27.3. The maximum Gasteiger partial charge on any atom is 0.246 e. The summed E-state index contributed by atoms with van der Waals surface area (Å²) in [6, 6.07) is 0. The summed E-state index contributed by atoms with van der Waals surface area (Å²) in [6.45, 7) is 3.11. The minimum atomic E-state index is -0.557. The number of carbonyl (C=O) groups excluding carboxylic acids is 6. The molecule has 15 nitrogen and oxygen atoms in total. The Balaban J connectivity index is 3.76. The quantitative estimate of drug-likeness (QED) is 0.0264. The lowest BCUT2D eigenvalue weighted by Gasteiger charge is -2.15. The van der Waals surface area contributed by atoms with Gasteiger partial charge < -0.3 is 16.0 Å². The van der Waals surface area contributed by atoms with E-state index in [-0.39, 0.29) is 63.0 Å². The first-order chi connectivity index (χ1) is 20.5. The Bertz CT molecular complexity index is 865. The molecule has 0 spiro atoms. The van der Waals surface area contributed by atoms with Crippen molar-refractivity contribution in [2.24, 2.45) is 0 Å². The third-order valence-corrected chi connectivity index (χ3v) is 6.99. The Hall–Kier alpha value is -2.57. The molecule has 0 bridgehead atoms. The molecular formula is C27H49IN6O9. The van der Waals surface area contributed by atoms with Gasteiger partial charge in [0.05, 0.1) is 4.43 Å². The van der Waals surface area contributed by atoms with Crippen LogP contribution in [0.3, 0.4) is 0 Å². The number of nitrogens with zero attached hydrogens (tertiary/aromatic N) is 3. The van der Waals surface area contributed by atoms with Crippen molar-refractivity contribution in [2.45, 2.75) is 90.4 Å². The van der Waals surface area contributed by atoms with E-state index in [0.29, 0.717) is 84.2 Å². The SMILES string of the molecule is CC(=O)N(O)CCCCCNC(=O)CCC(=O)N(O)CCCCCNC(=O)CCC(=O)N(O)CCCCCNC(=O)CI. The Labute approximate surface area is 267 Å². The average molecular weight is 729 g/mol. The highest BCUT2D eigenvalue weighted by molar-refractivity contribution is 14.1. The molecule has 0 heterocycles. The Morgan fingerprint density at radius 1 is 0.512 bits per heavy atom. The van der Waals surface area contributed by atoms with Gasteiger partial charge in [-0.05, 0) is 57.8 Å². The highest BCUT2D eigenvalue weighted by Gasteiger charge is 2.14. The van der Waals surface area contributed by atoms with Crippen molar-refractivity contribution in [1.29, 1.82) is 0 Å². The third kappa shape index (κ3) is 23.6. The minimum Gasteiger partial charge on any atom is -0.356 e. The van der Waals surface area contributed by atoms with Gasteiger partial charge in [-0.2, -0.15) is 0 Å². The van der Waals surface area contributed by atoms with Crippen LogP contribution in [0.25, 0.3) is 0 Å². The summed E-state index contributed by atoms with van der Waals surface area (Å²) in [5.74, 6) is -2.15. The van der Waals surface area contributed by atoms with Crippen molar-refractivity contribution < 1.29 is 44.4 Å². The molecule has 0 fully saturated rings. The molecule has 0 saturated carbocycles. The summed E-state index contributed by atoms with van der Waals surface area (Å²) in [5, 5.41) is 39.0. The van der Waals surface area contributed by atoms with Crippen LogP contribution in [0.4, 0.5) is 0 Å². The fourth-order valence-corrected chi connectivity index (χ4v) is 3.97. The Morgan fingerprint density at radius 2 is 0.860 bits per heavy atom. The fourth-order valence-electron chi connectivity index (χ4n) is 3.70. The van der Waals surface area contributed by atoms with E-state index in [1.54, 1.807) is 0 Å².